The van der Waals surface area contributed by atoms with Crippen molar-refractivity contribution in [1.82, 2.24) is 5.01 Å². The van der Waals surface area contributed by atoms with Gasteiger partial charge in [-0.1, -0.05) is 42.1 Å². The molecule has 7 nitrogen and oxygen atoms in total. The van der Waals surface area contributed by atoms with Crippen molar-refractivity contribution in [3.63, 3.8) is 0 Å². The third kappa shape index (κ3) is 5.39. The highest BCUT2D eigenvalue weighted by atomic mass is 32.2. The third-order valence-electron chi connectivity index (χ3n) is 6.02. The molecule has 37 heavy (non-hydrogen) atoms. The monoisotopic (exact) mass is 520 g/mol. The Morgan fingerprint density at radius 3 is 2.54 bits per heavy atom. The van der Waals surface area contributed by atoms with Crippen LogP contribution >= 0.6 is 11.8 Å². The number of thioether (sulfide) groups is 1. The Kier molecular flexibility index (Phi) is 7.00. The van der Waals surface area contributed by atoms with Crippen molar-refractivity contribution in [1.29, 1.82) is 0 Å². The van der Waals surface area contributed by atoms with Crippen LogP contribution in [0.15, 0.2) is 82.9 Å². The number of ether oxygens (including phenoxy) is 1. The highest BCUT2D eigenvalue weighted by Gasteiger charge is 2.39. The van der Waals surface area contributed by atoms with E-state index in [-0.39, 0.29) is 18.2 Å². The fourth-order valence-corrected chi connectivity index (χ4v) is 5.20. The molecule has 0 spiro atoms. The maximum atomic E-state index is 13.5. The fourth-order valence-electron chi connectivity index (χ4n) is 4.14. The van der Waals surface area contributed by atoms with E-state index < -0.39 is 28.7 Å². The molecular weight excluding hydrogens is 498 g/mol. The number of hydrogen-bond donors (Lipinski definition) is 1. The minimum Gasteiger partial charge on any atom is -0.497 e. The standard InChI is InChI=1S/C27H22F2N4O3S/c1-36-19-10-7-16(8-11-19)22-14-23(17-5-3-2-4-6-17)33(32-22)27-31-26(35)24(37-27)15-25(34)30-18-9-12-20(28)21(29)13-18/h2-13,23-24H,14-15H2,1H3,(H,30,34)/t23-,24+/m1/s1. The maximum absolute atomic E-state index is 13.5. The summed E-state index contributed by atoms with van der Waals surface area (Å²) >= 11 is 1.17. The number of benzene rings is 3. The lowest BCUT2D eigenvalue weighted by atomic mass is 9.98. The number of halogens is 2. The molecular formula is C27H22F2N4O3S. The molecule has 0 bridgehead atoms. The van der Waals surface area contributed by atoms with Crippen LogP contribution in [0, 0.1) is 11.6 Å². The SMILES string of the molecule is COc1ccc(C2=NN(C3=NC(=O)[C@H](CC(=O)Nc4ccc(F)c(F)c4)S3)[C@@H](c3ccccc3)C2)cc1. The van der Waals surface area contributed by atoms with Gasteiger partial charge in [-0.3, -0.25) is 9.59 Å². The largest absolute Gasteiger partial charge is 0.497 e. The number of nitrogens with one attached hydrogen (secondary N) is 1. The number of nitrogens with zero attached hydrogens (tertiary/aromatic N) is 3. The molecule has 0 aromatic heterocycles. The van der Waals surface area contributed by atoms with Crippen molar-refractivity contribution in [2.45, 2.75) is 24.1 Å². The lowest BCUT2D eigenvalue weighted by Gasteiger charge is -2.23. The average molecular weight is 521 g/mol. The minimum absolute atomic E-state index is 0.109. The fraction of sp³-hybridized carbons (Fsp3) is 0.185. The molecule has 0 unspecified atom stereocenters. The average Bonchev–Trinajstić information content (AvgIpc) is 3.51. The van der Waals surface area contributed by atoms with Crippen LogP contribution in [0.2, 0.25) is 0 Å². The molecule has 2 atom stereocenters. The van der Waals surface area contributed by atoms with Gasteiger partial charge in [0.15, 0.2) is 16.8 Å². The van der Waals surface area contributed by atoms with Crippen molar-refractivity contribution in [2.24, 2.45) is 10.1 Å². The molecule has 10 heteroatoms. The summed E-state index contributed by atoms with van der Waals surface area (Å²) in [7, 11) is 1.61. The van der Waals surface area contributed by atoms with Crippen LogP contribution in [0.25, 0.3) is 0 Å². The van der Waals surface area contributed by atoms with Gasteiger partial charge >= 0.3 is 0 Å². The Balaban J connectivity index is 1.33. The van der Waals surface area contributed by atoms with Gasteiger partial charge < -0.3 is 10.1 Å². The van der Waals surface area contributed by atoms with Gasteiger partial charge in [0.05, 0.1) is 18.9 Å². The molecule has 0 radical (unpaired) electrons. The van der Waals surface area contributed by atoms with Gasteiger partial charge in [-0.2, -0.15) is 10.1 Å². The smallest absolute Gasteiger partial charge is 0.262 e. The van der Waals surface area contributed by atoms with Gasteiger partial charge in [0.25, 0.3) is 5.91 Å². The predicted molar refractivity (Wildman–Crippen MR) is 139 cm³/mol. The molecule has 2 aliphatic rings. The van der Waals surface area contributed by atoms with Crippen LogP contribution < -0.4 is 10.1 Å². The van der Waals surface area contributed by atoms with E-state index in [0.29, 0.717) is 11.6 Å². The van der Waals surface area contributed by atoms with E-state index in [9.17, 15) is 18.4 Å². The number of carbonyl (C=O) groups is 2. The van der Waals surface area contributed by atoms with E-state index >= 15 is 0 Å². The molecule has 0 aliphatic carbocycles. The highest BCUT2D eigenvalue weighted by molar-refractivity contribution is 8.15. The number of rotatable bonds is 6. The van der Waals surface area contributed by atoms with Crippen molar-refractivity contribution < 1.29 is 23.1 Å². The van der Waals surface area contributed by atoms with Crippen LogP contribution in [0.4, 0.5) is 14.5 Å². The zero-order valence-electron chi connectivity index (χ0n) is 19.7. The molecule has 3 aromatic rings. The first kappa shape index (κ1) is 24.6. The second-order valence-corrected chi connectivity index (χ2v) is 9.64. The molecule has 3 aromatic carbocycles. The van der Waals surface area contributed by atoms with Gasteiger partial charge in [0.1, 0.15) is 11.0 Å². The van der Waals surface area contributed by atoms with E-state index in [4.69, 9.17) is 9.84 Å². The summed E-state index contributed by atoms with van der Waals surface area (Å²) in [4.78, 5) is 29.4. The zero-order valence-corrected chi connectivity index (χ0v) is 20.5. The summed E-state index contributed by atoms with van der Waals surface area (Å²) in [6, 6.07) is 20.3. The number of anilines is 1. The lowest BCUT2D eigenvalue weighted by Crippen LogP contribution is -2.25. The number of methoxy groups -OCH3 is 1. The molecule has 0 saturated heterocycles. The van der Waals surface area contributed by atoms with E-state index in [1.165, 1.54) is 17.8 Å². The van der Waals surface area contributed by atoms with Crippen molar-refractivity contribution in [2.75, 3.05) is 12.4 Å². The Morgan fingerprint density at radius 2 is 1.84 bits per heavy atom. The summed E-state index contributed by atoms with van der Waals surface area (Å²) in [6.45, 7) is 0. The number of amidine groups is 1. The van der Waals surface area contributed by atoms with Gasteiger partial charge in [-0.05, 0) is 47.5 Å². The van der Waals surface area contributed by atoms with Gasteiger partial charge in [0.2, 0.25) is 5.91 Å². The van der Waals surface area contributed by atoms with E-state index in [1.807, 2.05) is 54.6 Å². The topological polar surface area (TPSA) is 83.4 Å². The first-order valence-corrected chi connectivity index (χ1v) is 12.4. The van der Waals surface area contributed by atoms with Crippen LogP contribution in [0.1, 0.15) is 30.0 Å². The highest BCUT2D eigenvalue weighted by Crippen LogP contribution is 2.38. The van der Waals surface area contributed by atoms with E-state index in [0.717, 1.165) is 34.7 Å². The van der Waals surface area contributed by atoms with E-state index in [1.54, 1.807) is 12.1 Å². The number of hydrazone groups is 1. The molecule has 188 valence electrons. The Morgan fingerprint density at radius 1 is 1.08 bits per heavy atom. The van der Waals surface area contributed by atoms with Crippen LogP contribution in [-0.4, -0.2) is 40.1 Å². The zero-order chi connectivity index (χ0) is 25.9. The van der Waals surface area contributed by atoms with Crippen molar-refractivity contribution >= 4 is 40.1 Å². The maximum Gasteiger partial charge on any atom is 0.262 e. The minimum atomic E-state index is -1.07. The Hall–Kier alpha value is -4.05. The van der Waals surface area contributed by atoms with Crippen LogP contribution in [0.3, 0.4) is 0 Å². The number of aliphatic imine (C=N–C) groups is 1. The third-order valence-corrected chi connectivity index (χ3v) is 7.16. The molecule has 2 aliphatic heterocycles. The number of carbonyl (C=O) groups excluding carboxylic acids is 2. The summed E-state index contributed by atoms with van der Waals surface area (Å²) in [5, 5.41) is 8.71. The van der Waals surface area contributed by atoms with Crippen molar-refractivity contribution in [3.05, 3.63) is 95.6 Å². The first-order valence-electron chi connectivity index (χ1n) is 11.5. The summed E-state index contributed by atoms with van der Waals surface area (Å²) in [5.41, 5.74) is 2.90. The van der Waals surface area contributed by atoms with Gasteiger partial charge in [-0.15, -0.1) is 0 Å². The molecule has 1 N–H and O–H groups in total. The predicted octanol–water partition coefficient (Wildman–Crippen LogP) is 5.15. The Bertz CT molecular complexity index is 1400. The molecule has 0 fully saturated rings. The van der Waals surface area contributed by atoms with Gasteiger partial charge in [0, 0.05) is 24.6 Å². The van der Waals surface area contributed by atoms with Gasteiger partial charge in [-0.25, -0.2) is 13.8 Å². The normalized spacial score (nSPS) is 19.0. The Labute approximate surface area is 216 Å². The molecule has 2 heterocycles. The lowest BCUT2D eigenvalue weighted by molar-refractivity contribution is -0.121. The van der Waals surface area contributed by atoms with E-state index in [2.05, 4.69) is 10.3 Å². The van der Waals surface area contributed by atoms with Crippen LogP contribution in [-0.2, 0) is 9.59 Å². The first-order chi connectivity index (χ1) is 17.9. The number of hydrogen-bond acceptors (Lipinski definition) is 6. The summed E-state index contributed by atoms with van der Waals surface area (Å²) < 4.78 is 31.9. The molecule has 0 saturated carbocycles. The molecule has 5 rings (SSSR count). The second kappa shape index (κ2) is 10.5. The van der Waals surface area contributed by atoms with Crippen LogP contribution in [0.5, 0.6) is 5.75 Å². The summed E-state index contributed by atoms with van der Waals surface area (Å²) in [6.07, 6.45) is 0.430. The van der Waals surface area contributed by atoms with Crippen molar-refractivity contribution in [3.8, 4) is 5.75 Å². The number of amides is 2. The quantitative estimate of drug-likeness (QED) is 0.486. The molecule has 2 amide bonds. The summed E-state index contributed by atoms with van der Waals surface area (Å²) in [5.74, 6) is -2.28. The second-order valence-electron chi connectivity index (χ2n) is 8.47.